The first kappa shape index (κ1) is 8.18. The van der Waals surface area contributed by atoms with Crippen molar-refractivity contribution in [1.82, 2.24) is 9.97 Å². The Balaban J connectivity index is 2.37. The molecule has 0 N–H and O–H groups in total. The Morgan fingerprint density at radius 2 is 2.38 bits per heavy atom. The van der Waals surface area contributed by atoms with Crippen LogP contribution in [0.1, 0.15) is 35.8 Å². The largest absolute Gasteiger partial charge is 0.241 e. The van der Waals surface area contributed by atoms with Crippen LogP contribution in [0.4, 0.5) is 0 Å². The van der Waals surface area contributed by atoms with Crippen molar-refractivity contribution in [2.75, 3.05) is 0 Å². The van der Waals surface area contributed by atoms with Crippen molar-refractivity contribution in [3.05, 3.63) is 23.3 Å². The Morgan fingerprint density at radius 3 is 3.00 bits per heavy atom. The van der Waals surface area contributed by atoms with Crippen LogP contribution >= 0.6 is 0 Å². The van der Waals surface area contributed by atoms with Gasteiger partial charge in [0, 0.05) is 17.7 Å². The van der Waals surface area contributed by atoms with Crippen molar-refractivity contribution in [2.24, 2.45) is 0 Å². The molecule has 0 bridgehead atoms. The lowest BCUT2D eigenvalue weighted by Gasteiger charge is -2.03. The van der Waals surface area contributed by atoms with Gasteiger partial charge in [0.15, 0.2) is 0 Å². The van der Waals surface area contributed by atoms with Crippen LogP contribution in [0.2, 0.25) is 0 Å². The molecule has 1 aromatic heterocycles. The van der Waals surface area contributed by atoms with Crippen molar-refractivity contribution >= 4 is 0 Å². The average Bonchev–Trinajstić information content (AvgIpc) is 2.91. The summed E-state index contributed by atoms with van der Waals surface area (Å²) in [6.07, 6.45) is 4.66. The van der Waals surface area contributed by atoms with Crippen molar-refractivity contribution in [3.8, 4) is 6.07 Å². The molecular formula is C10H11N3. The van der Waals surface area contributed by atoms with Crippen LogP contribution in [0.25, 0.3) is 0 Å². The van der Waals surface area contributed by atoms with Crippen LogP contribution in [-0.4, -0.2) is 9.97 Å². The fourth-order valence-corrected chi connectivity index (χ4v) is 1.44. The predicted octanol–water partition coefficient (Wildman–Crippen LogP) is 1.73. The third kappa shape index (κ3) is 1.67. The molecule has 0 saturated heterocycles. The first-order chi connectivity index (χ1) is 6.31. The molecule has 0 spiro atoms. The first-order valence-electron chi connectivity index (χ1n) is 4.50. The van der Waals surface area contributed by atoms with Crippen molar-refractivity contribution in [3.63, 3.8) is 0 Å². The zero-order chi connectivity index (χ0) is 9.26. The third-order valence-corrected chi connectivity index (χ3v) is 2.25. The lowest BCUT2D eigenvalue weighted by Crippen LogP contribution is -1.99. The van der Waals surface area contributed by atoms with Gasteiger partial charge in [-0.2, -0.15) is 5.26 Å². The molecule has 1 saturated carbocycles. The highest BCUT2D eigenvalue weighted by Crippen LogP contribution is 2.40. The number of rotatable bonds is 2. The molecule has 0 amide bonds. The Morgan fingerprint density at radius 1 is 1.62 bits per heavy atom. The van der Waals surface area contributed by atoms with Crippen LogP contribution in [-0.2, 0) is 6.42 Å². The molecular weight excluding hydrogens is 162 g/mol. The summed E-state index contributed by atoms with van der Waals surface area (Å²) in [6, 6.07) is 2.15. The summed E-state index contributed by atoms with van der Waals surface area (Å²) in [7, 11) is 0. The van der Waals surface area contributed by atoms with Gasteiger partial charge >= 0.3 is 0 Å². The minimum Gasteiger partial charge on any atom is -0.241 e. The van der Waals surface area contributed by atoms with Gasteiger partial charge in [0.05, 0.1) is 18.2 Å². The predicted molar refractivity (Wildman–Crippen MR) is 48.1 cm³/mol. The van der Waals surface area contributed by atoms with Gasteiger partial charge in [-0.15, -0.1) is 0 Å². The molecule has 0 aromatic carbocycles. The summed E-state index contributed by atoms with van der Waals surface area (Å²) in [4.78, 5) is 8.50. The van der Waals surface area contributed by atoms with E-state index in [0.29, 0.717) is 12.3 Å². The minimum absolute atomic E-state index is 0.437. The van der Waals surface area contributed by atoms with Gasteiger partial charge in [0.1, 0.15) is 5.82 Å². The van der Waals surface area contributed by atoms with E-state index in [1.165, 1.54) is 12.8 Å². The third-order valence-electron chi connectivity index (χ3n) is 2.25. The highest BCUT2D eigenvalue weighted by Gasteiger charge is 2.27. The summed E-state index contributed by atoms with van der Waals surface area (Å²) in [6.45, 7) is 1.89. The smallest absolute Gasteiger partial charge is 0.125 e. The zero-order valence-electron chi connectivity index (χ0n) is 7.62. The second-order valence-corrected chi connectivity index (χ2v) is 3.44. The van der Waals surface area contributed by atoms with Crippen LogP contribution in [0.5, 0.6) is 0 Å². The van der Waals surface area contributed by atoms with E-state index in [4.69, 9.17) is 5.26 Å². The summed E-state index contributed by atoms with van der Waals surface area (Å²) < 4.78 is 0. The fourth-order valence-electron chi connectivity index (χ4n) is 1.44. The van der Waals surface area contributed by atoms with Crippen LogP contribution < -0.4 is 0 Å². The molecule has 0 aliphatic heterocycles. The molecule has 1 heterocycles. The number of nitriles is 1. The van der Waals surface area contributed by atoms with E-state index in [-0.39, 0.29) is 0 Å². The molecule has 2 rings (SSSR count). The minimum atomic E-state index is 0.437. The van der Waals surface area contributed by atoms with Gasteiger partial charge in [0.2, 0.25) is 0 Å². The maximum Gasteiger partial charge on any atom is 0.125 e. The summed E-state index contributed by atoms with van der Waals surface area (Å²) in [5, 5.41) is 8.61. The van der Waals surface area contributed by atoms with E-state index in [2.05, 4.69) is 16.0 Å². The number of aryl methyl sites for hydroxylation is 1. The Hall–Kier alpha value is -1.43. The normalized spacial score (nSPS) is 15.4. The van der Waals surface area contributed by atoms with Gasteiger partial charge in [-0.05, 0) is 19.8 Å². The Labute approximate surface area is 77.4 Å². The molecule has 0 atom stereocenters. The molecule has 3 nitrogen and oxygen atoms in total. The maximum atomic E-state index is 8.61. The topological polar surface area (TPSA) is 49.6 Å². The molecule has 13 heavy (non-hydrogen) atoms. The van der Waals surface area contributed by atoms with Crippen molar-refractivity contribution in [1.29, 1.82) is 5.26 Å². The monoisotopic (exact) mass is 173 g/mol. The molecule has 66 valence electrons. The fraction of sp³-hybridized carbons (Fsp3) is 0.500. The van der Waals surface area contributed by atoms with E-state index in [1.807, 2.05) is 6.92 Å². The van der Waals surface area contributed by atoms with Gasteiger partial charge in [-0.25, -0.2) is 9.97 Å². The standard InChI is InChI=1S/C10H11N3/c1-7-12-6-9(4-5-11)10(13-7)8-2-3-8/h6,8H,2-4H2,1H3. The summed E-state index contributed by atoms with van der Waals surface area (Å²) in [5.41, 5.74) is 2.12. The average molecular weight is 173 g/mol. The Kier molecular flexibility index (Phi) is 1.97. The number of hydrogen-bond acceptors (Lipinski definition) is 3. The van der Waals surface area contributed by atoms with Crippen molar-refractivity contribution < 1.29 is 0 Å². The number of hydrogen-bond donors (Lipinski definition) is 0. The molecule has 1 fully saturated rings. The van der Waals surface area contributed by atoms with Crippen molar-refractivity contribution in [2.45, 2.75) is 32.1 Å². The molecule has 1 aliphatic carbocycles. The quantitative estimate of drug-likeness (QED) is 0.684. The van der Waals surface area contributed by atoms with Gasteiger partial charge in [-0.1, -0.05) is 0 Å². The second kappa shape index (κ2) is 3.14. The summed E-state index contributed by atoms with van der Waals surface area (Å²) in [5.74, 6) is 1.41. The summed E-state index contributed by atoms with van der Waals surface area (Å²) >= 11 is 0. The zero-order valence-corrected chi connectivity index (χ0v) is 7.62. The number of nitrogens with zero attached hydrogens (tertiary/aromatic N) is 3. The first-order valence-corrected chi connectivity index (χ1v) is 4.50. The molecule has 0 radical (unpaired) electrons. The van der Waals surface area contributed by atoms with Crippen LogP contribution in [0, 0.1) is 18.3 Å². The highest BCUT2D eigenvalue weighted by atomic mass is 14.9. The van der Waals surface area contributed by atoms with Gasteiger partial charge in [-0.3, -0.25) is 0 Å². The lowest BCUT2D eigenvalue weighted by atomic mass is 10.1. The van der Waals surface area contributed by atoms with E-state index in [1.54, 1.807) is 6.20 Å². The molecule has 1 aliphatic rings. The van der Waals surface area contributed by atoms with Gasteiger partial charge in [0.25, 0.3) is 0 Å². The highest BCUT2D eigenvalue weighted by molar-refractivity contribution is 5.27. The second-order valence-electron chi connectivity index (χ2n) is 3.44. The van der Waals surface area contributed by atoms with Gasteiger partial charge < -0.3 is 0 Å². The van der Waals surface area contributed by atoms with Crippen LogP contribution in [0.3, 0.4) is 0 Å². The maximum absolute atomic E-state index is 8.61. The molecule has 3 heteroatoms. The van der Waals surface area contributed by atoms with E-state index < -0.39 is 0 Å². The SMILES string of the molecule is Cc1ncc(CC#N)c(C2CC2)n1. The Bertz CT molecular complexity index is 361. The molecule has 1 aromatic rings. The van der Waals surface area contributed by atoms with E-state index in [9.17, 15) is 0 Å². The van der Waals surface area contributed by atoms with Crippen LogP contribution in [0.15, 0.2) is 6.20 Å². The molecule has 0 unspecified atom stereocenters. The van der Waals surface area contributed by atoms with E-state index >= 15 is 0 Å². The number of aromatic nitrogens is 2. The lowest BCUT2D eigenvalue weighted by molar-refractivity contribution is 0.904. The van der Waals surface area contributed by atoms with E-state index in [0.717, 1.165) is 17.1 Å².